The number of amides is 3. The van der Waals surface area contributed by atoms with Gasteiger partial charge in [-0.3, -0.25) is 4.79 Å². The minimum absolute atomic E-state index is 0.0775. The highest BCUT2D eigenvalue weighted by atomic mass is 16.6. The van der Waals surface area contributed by atoms with Crippen LogP contribution in [-0.4, -0.2) is 63.4 Å². The Balaban J connectivity index is 1.77. The first-order chi connectivity index (χ1) is 11.1. The fourth-order valence-corrected chi connectivity index (χ4v) is 2.26. The van der Waals surface area contributed by atoms with Crippen molar-refractivity contribution >= 4 is 11.9 Å². The van der Waals surface area contributed by atoms with E-state index in [1.165, 1.54) is 0 Å². The number of nitrogens with zero attached hydrogens (tertiary/aromatic N) is 1. The van der Waals surface area contributed by atoms with Crippen LogP contribution < -0.4 is 10.6 Å². The molecule has 1 heterocycles. The summed E-state index contributed by atoms with van der Waals surface area (Å²) in [6.45, 7) is 2.58. The molecule has 1 atom stereocenters. The molecule has 0 unspecified atom stereocenters. The maximum absolute atomic E-state index is 12.1. The summed E-state index contributed by atoms with van der Waals surface area (Å²) in [5.41, 5.74) is 1.52. The summed E-state index contributed by atoms with van der Waals surface area (Å²) in [6, 6.07) is 6.94. The van der Waals surface area contributed by atoms with Gasteiger partial charge >= 0.3 is 6.03 Å². The van der Waals surface area contributed by atoms with Crippen LogP contribution in [0, 0.1) is 0 Å². The van der Waals surface area contributed by atoms with Crippen molar-refractivity contribution in [2.45, 2.75) is 12.6 Å². The fraction of sp³-hybridized carbons (Fsp3) is 0.500. The highest BCUT2D eigenvalue weighted by Gasteiger charge is 2.19. The third kappa shape index (κ3) is 5.22. The Labute approximate surface area is 135 Å². The van der Waals surface area contributed by atoms with Crippen LogP contribution in [0.1, 0.15) is 15.9 Å². The topological polar surface area (TPSA) is 79.9 Å². The van der Waals surface area contributed by atoms with Crippen LogP contribution in [0.15, 0.2) is 24.3 Å². The zero-order chi connectivity index (χ0) is 16.7. The number of rotatable bonds is 5. The Bertz CT molecular complexity index is 527. The Morgan fingerprint density at radius 2 is 2.00 bits per heavy atom. The zero-order valence-corrected chi connectivity index (χ0v) is 13.5. The van der Waals surface area contributed by atoms with Crippen molar-refractivity contribution in [3.63, 3.8) is 0 Å². The van der Waals surface area contributed by atoms with Gasteiger partial charge in [0.2, 0.25) is 0 Å². The lowest BCUT2D eigenvalue weighted by Gasteiger charge is -2.27. The largest absolute Gasteiger partial charge is 0.376 e. The Morgan fingerprint density at radius 1 is 1.26 bits per heavy atom. The second kappa shape index (κ2) is 8.50. The molecule has 0 aliphatic carbocycles. The molecule has 0 bridgehead atoms. The van der Waals surface area contributed by atoms with Gasteiger partial charge < -0.3 is 25.0 Å². The summed E-state index contributed by atoms with van der Waals surface area (Å²) < 4.78 is 10.8. The van der Waals surface area contributed by atoms with Gasteiger partial charge in [0, 0.05) is 26.2 Å². The standard InChI is InChI=1S/C16H23N3O4/c1-17-15(20)13-5-3-12(4-6-13)9-18-16(21)19(2)10-14-11-22-7-8-23-14/h3-6,14H,7-11H2,1-2H3,(H,17,20)(H,18,21)/t14-/m0/s1. The predicted molar refractivity (Wildman–Crippen MR) is 85.3 cm³/mol. The number of carbonyl (C=O) groups excluding carboxylic acids is 2. The number of ether oxygens (including phenoxy) is 2. The van der Waals surface area contributed by atoms with E-state index in [2.05, 4.69) is 10.6 Å². The minimum Gasteiger partial charge on any atom is -0.376 e. The molecule has 126 valence electrons. The number of carbonyl (C=O) groups is 2. The van der Waals surface area contributed by atoms with Crippen molar-refractivity contribution in [3.8, 4) is 0 Å². The van der Waals surface area contributed by atoms with E-state index in [0.29, 0.717) is 38.5 Å². The van der Waals surface area contributed by atoms with Crippen LogP contribution >= 0.6 is 0 Å². The third-order valence-corrected chi connectivity index (χ3v) is 3.60. The lowest BCUT2D eigenvalue weighted by atomic mass is 10.1. The molecule has 3 amide bonds. The highest BCUT2D eigenvalue weighted by molar-refractivity contribution is 5.93. The van der Waals surface area contributed by atoms with Crippen molar-refractivity contribution in [3.05, 3.63) is 35.4 Å². The quantitative estimate of drug-likeness (QED) is 0.832. The molecule has 0 saturated carbocycles. The number of hydrogen-bond acceptors (Lipinski definition) is 4. The zero-order valence-electron chi connectivity index (χ0n) is 13.5. The molecule has 7 nitrogen and oxygen atoms in total. The predicted octanol–water partition coefficient (Wildman–Crippen LogP) is 0.603. The summed E-state index contributed by atoms with van der Waals surface area (Å²) >= 11 is 0. The minimum atomic E-state index is -0.172. The van der Waals surface area contributed by atoms with E-state index in [-0.39, 0.29) is 18.0 Å². The molecule has 1 aliphatic rings. The van der Waals surface area contributed by atoms with Crippen molar-refractivity contribution < 1.29 is 19.1 Å². The van der Waals surface area contributed by atoms with Crippen LogP contribution in [0.25, 0.3) is 0 Å². The first kappa shape index (κ1) is 17.2. The van der Waals surface area contributed by atoms with Crippen molar-refractivity contribution in [1.82, 2.24) is 15.5 Å². The van der Waals surface area contributed by atoms with Gasteiger partial charge in [0.1, 0.15) is 0 Å². The van der Waals surface area contributed by atoms with Crippen LogP contribution in [0.2, 0.25) is 0 Å². The summed E-state index contributed by atoms with van der Waals surface area (Å²) in [4.78, 5) is 25.1. The molecular weight excluding hydrogens is 298 g/mol. The fourth-order valence-electron chi connectivity index (χ4n) is 2.26. The molecule has 2 rings (SSSR count). The van der Waals surface area contributed by atoms with E-state index in [4.69, 9.17) is 9.47 Å². The number of benzene rings is 1. The second-order valence-corrected chi connectivity index (χ2v) is 5.38. The van der Waals surface area contributed by atoms with Crippen LogP contribution in [0.5, 0.6) is 0 Å². The lowest BCUT2D eigenvalue weighted by molar-refractivity contribution is -0.0928. The molecule has 23 heavy (non-hydrogen) atoms. The van der Waals surface area contributed by atoms with E-state index in [1.54, 1.807) is 31.1 Å². The van der Waals surface area contributed by atoms with E-state index in [1.807, 2.05) is 12.1 Å². The van der Waals surface area contributed by atoms with E-state index < -0.39 is 0 Å². The number of nitrogens with one attached hydrogen (secondary N) is 2. The molecule has 2 N–H and O–H groups in total. The van der Waals surface area contributed by atoms with E-state index >= 15 is 0 Å². The van der Waals surface area contributed by atoms with Gasteiger partial charge in [0.15, 0.2) is 0 Å². The monoisotopic (exact) mass is 321 g/mol. The van der Waals surface area contributed by atoms with E-state index in [9.17, 15) is 9.59 Å². The SMILES string of the molecule is CNC(=O)c1ccc(CNC(=O)N(C)C[C@H]2COCCO2)cc1. The molecule has 1 aromatic carbocycles. The van der Waals surface area contributed by atoms with Crippen molar-refractivity contribution in [2.75, 3.05) is 40.5 Å². The first-order valence-electron chi connectivity index (χ1n) is 7.59. The maximum Gasteiger partial charge on any atom is 0.317 e. The number of likely N-dealkylation sites (N-methyl/N-ethyl adjacent to an activating group) is 1. The normalized spacial score (nSPS) is 17.4. The Morgan fingerprint density at radius 3 is 2.61 bits per heavy atom. The van der Waals surface area contributed by atoms with Crippen molar-refractivity contribution in [2.24, 2.45) is 0 Å². The smallest absolute Gasteiger partial charge is 0.317 e. The average molecular weight is 321 g/mol. The summed E-state index contributed by atoms with van der Waals surface area (Å²) in [5.74, 6) is -0.130. The number of hydrogen-bond donors (Lipinski definition) is 2. The molecule has 1 fully saturated rings. The first-order valence-corrected chi connectivity index (χ1v) is 7.59. The van der Waals surface area contributed by atoms with Gasteiger partial charge in [0.25, 0.3) is 5.91 Å². The summed E-state index contributed by atoms with van der Waals surface area (Å²) in [7, 11) is 3.31. The Hall–Kier alpha value is -2.12. The summed E-state index contributed by atoms with van der Waals surface area (Å²) in [6.07, 6.45) is -0.0775. The molecule has 1 saturated heterocycles. The highest BCUT2D eigenvalue weighted by Crippen LogP contribution is 2.05. The second-order valence-electron chi connectivity index (χ2n) is 5.38. The van der Waals surface area contributed by atoms with Crippen LogP contribution in [0.3, 0.4) is 0 Å². The molecule has 0 spiro atoms. The molecule has 1 aromatic rings. The van der Waals surface area contributed by atoms with Crippen LogP contribution in [0.4, 0.5) is 4.79 Å². The average Bonchev–Trinajstić information content (AvgIpc) is 2.60. The molecular formula is C16H23N3O4. The lowest BCUT2D eigenvalue weighted by Crippen LogP contribution is -2.44. The van der Waals surface area contributed by atoms with Crippen LogP contribution in [-0.2, 0) is 16.0 Å². The van der Waals surface area contributed by atoms with Gasteiger partial charge in [-0.25, -0.2) is 4.79 Å². The maximum atomic E-state index is 12.1. The third-order valence-electron chi connectivity index (χ3n) is 3.60. The van der Waals surface area contributed by atoms with Gasteiger partial charge in [-0.15, -0.1) is 0 Å². The molecule has 0 aromatic heterocycles. The van der Waals surface area contributed by atoms with Crippen molar-refractivity contribution in [1.29, 1.82) is 0 Å². The van der Waals surface area contributed by atoms with Gasteiger partial charge in [-0.1, -0.05) is 12.1 Å². The summed E-state index contributed by atoms with van der Waals surface area (Å²) in [5, 5.41) is 5.41. The van der Waals surface area contributed by atoms with E-state index in [0.717, 1.165) is 5.56 Å². The molecule has 7 heteroatoms. The molecule has 1 aliphatic heterocycles. The van der Waals surface area contributed by atoms with Gasteiger partial charge in [0.05, 0.1) is 32.5 Å². The Kier molecular flexibility index (Phi) is 6.37. The van der Waals surface area contributed by atoms with Gasteiger partial charge in [-0.05, 0) is 17.7 Å². The number of urea groups is 1. The van der Waals surface area contributed by atoms with Gasteiger partial charge in [-0.2, -0.15) is 0 Å². The molecule has 0 radical (unpaired) electrons.